The molecule has 2 rings (SSSR count). The van der Waals surface area contributed by atoms with Crippen molar-refractivity contribution in [3.63, 3.8) is 0 Å². The highest BCUT2D eigenvalue weighted by molar-refractivity contribution is 7.16. The number of amides is 1. The molecular formula is C11H10N2O3S. The number of fused-ring (bicyclic) bond motifs is 1. The zero-order valence-corrected chi connectivity index (χ0v) is 9.86. The second kappa shape index (κ2) is 4.50. The van der Waals surface area contributed by atoms with Gasteiger partial charge in [-0.2, -0.15) is 0 Å². The number of nitrogens with two attached hydrogens (primary N) is 1. The number of carbonyl (C=O) groups is 2. The van der Waals surface area contributed by atoms with Crippen LogP contribution >= 0.6 is 11.3 Å². The number of rotatable bonds is 3. The minimum atomic E-state index is -0.931. The minimum Gasteiger partial charge on any atom is -0.449 e. The Morgan fingerprint density at radius 1 is 1.47 bits per heavy atom. The van der Waals surface area contributed by atoms with Crippen LogP contribution in [0.5, 0.6) is 0 Å². The van der Waals surface area contributed by atoms with Crippen LogP contribution in [-0.4, -0.2) is 23.0 Å². The zero-order chi connectivity index (χ0) is 12.4. The summed E-state index contributed by atoms with van der Waals surface area (Å²) in [6, 6.07) is 5.03. The van der Waals surface area contributed by atoms with Gasteiger partial charge in [0.2, 0.25) is 0 Å². The van der Waals surface area contributed by atoms with Crippen LogP contribution in [0.25, 0.3) is 10.2 Å². The summed E-state index contributed by atoms with van der Waals surface area (Å²) in [5.41, 5.74) is 7.92. The van der Waals surface area contributed by atoms with E-state index in [9.17, 15) is 9.59 Å². The molecule has 0 saturated heterocycles. The Bertz CT molecular complexity index is 579. The largest absolute Gasteiger partial charge is 0.449 e. The molecule has 5 nitrogen and oxygen atoms in total. The third kappa shape index (κ3) is 2.42. The molecule has 0 bridgehead atoms. The molecule has 17 heavy (non-hydrogen) atoms. The molecule has 1 atom stereocenters. The maximum atomic E-state index is 11.7. The Morgan fingerprint density at radius 2 is 2.24 bits per heavy atom. The molecule has 2 aromatic rings. The monoisotopic (exact) mass is 250 g/mol. The summed E-state index contributed by atoms with van der Waals surface area (Å²) in [5.74, 6) is -1.23. The van der Waals surface area contributed by atoms with E-state index in [1.807, 2.05) is 0 Å². The van der Waals surface area contributed by atoms with Gasteiger partial charge in [-0.25, -0.2) is 9.78 Å². The van der Waals surface area contributed by atoms with Gasteiger partial charge in [-0.05, 0) is 25.1 Å². The number of esters is 1. The van der Waals surface area contributed by atoms with E-state index in [-0.39, 0.29) is 0 Å². The van der Waals surface area contributed by atoms with Crippen LogP contribution in [0.3, 0.4) is 0 Å². The van der Waals surface area contributed by atoms with Gasteiger partial charge in [0.05, 0.1) is 21.3 Å². The molecule has 2 N–H and O–H groups in total. The number of nitrogens with zero attached hydrogens (tertiary/aromatic N) is 1. The molecule has 1 heterocycles. The first-order valence-corrected chi connectivity index (χ1v) is 5.79. The first-order valence-electron chi connectivity index (χ1n) is 4.91. The van der Waals surface area contributed by atoms with Crippen molar-refractivity contribution in [1.82, 2.24) is 4.98 Å². The average Bonchev–Trinajstić information content (AvgIpc) is 2.75. The van der Waals surface area contributed by atoms with E-state index in [0.717, 1.165) is 10.2 Å². The van der Waals surface area contributed by atoms with Crippen molar-refractivity contribution >= 4 is 33.4 Å². The van der Waals surface area contributed by atoms with Crippen LogP contribution in [0.1, 0.15) is 17.3 Å². The summed E-state index contributed by atoms with van der Waals surface area (Å²) in [7, 11) is 0. The average molecular weight is 250 g/mol. The van der Waals surface area contributed by atoms with E-state index < -0.39 is 18.0 Å². The van der Waals surface area contributed by atoms with E-state index in [1.54, 1.807) is 23.7 Å². The SMILES string of the molecule is CC(OC(=O)c1ccc2ncsc2c1)C(N)=O. The van der Waals surface area contributed by atoms with Crippen molar-refractivity contribution in [3.8, 4) is 0 Å². The van der Waals surface area contributed by atoms with Gasteiger partial charge in [0.25, 0.3) is 5.91 Å². The predicted octanol–water partition coefficient (Wildman–Crippen LogP) is 1.33. The van der Waals surface area contributed by atoms with Gasteiger partial charge in [-0.15, -0.1) is 11.3 Å². The van der Waals surface area contributed by atoms with E-state index in [4.69, 9.17) is 10.5 Å². The second-order valence-corrected chi connectivity index (χ2v) is 4.37. The molecule has 1 aromatic heterocycles. The molecule has 0 spiro atoms. The lowest BCUT2D eigenvalue weighted by atomic mass is 10.2. The topological polar surface area (TPSA) is 82.3 Å². The Balaban J connectivity index is 2.21. The quantitative estimate of drug-likeness (QED) is 0.833. The molecule has 0 fully saturated rings. The van der Waals surface area contributed by atoms with Gasteiger partial charge in [-0.3, -0.25) is 4.79 Å². The number of hydrogen-bond acceptors (Lipinski definition) is 5. The third-order valence-corrected chi connectivity index (χ3v) is 3.04. The minimum absolute atomic E-state index is 0.384. The number of hydrogen-bond donors (Lipinski definition) is 1. The van der Waals surface area contributed by atoms with Gasteiger partial charge < -0.3 is 10.5 Å². The fourth-order valence-electron chi connectivity index (χ4n) is 1.27. The lowest BCUT2D eigenvalue weighted by Crippen LogP contribution is -2.30. The van der Waals surface area contributed by atoms with Crippen molar-refractivity contribution < 1.29 is 14.3 Å². The zero-order valence-electron chi connectivity index (χ0n) is 9.04. The lowest BCUT2D eigenvalue weighted by molar-refractivity contribution is -0.125. The standard InChI is InChI=1S/C11H10N2O3S/c1-6(10(12)14)16-11(15)7-2-3-8-9(4-7)17-5-13-8/h2-6H,1H3,(H2,12,14). The van der Waals surface area contributed by atoms with E-state index in [1.165, 1.54) is 18.3 Å². The molecule has 0 aliphatic carbocycles. The number of benzene rings is 1. The fraction of sp³-hybridized carbons (Fsp3) is 0.182. The third-order valence-electron chi connectivity index (χ3n) is 2.25. The number of aromatic nitrogens is 1. The number of primary amides is 1. The van der Waals surface area contributed by atoms with Gasteiger partial charge in [0.1, 0.15) is 0 Å². The second-order valence-electron chi connectivity index (χ2n) is 3.48. The molecule has 0 aliphatic heterocycles. The summed E-state index contributed by atoms with van der Waals surface area (Å²) in [4.78, 5) is 26.6. The number of ether oxygens (including phenoxy) is 1. The molecule has 1 aromatic carbocycles. The molecule has 0 saturated carbocycles. The highest BCUT2D eigenvalue weighted by atomic mass is 32.1. The lowest BCUT2D eigenvalue weighted by Gasteiger charge is -2.09. The summed E-state index contributed by atoms with van der Waals surface area (Å²) >= 11 is 1.43. The maximum absolute atomic E-state index is 11.7. The first-order chi connectivity index (χ1) is 8.08. The molecular weight excluding hydrogens is 240 g/mol. The Kier molecular flexibility index (Phi) is 3.06. The Hall–Kier alpha value is -1.95. The number of thiazole rings is 1. The van der Waals surface area contributed by atoms with Crippen molar-refractivity contribution in [1.29, 1.82) is 0 Å². The molecule has 1 unspecified atom stereocenters. The number of carbonyl (C=O) groups excluding carboxylic acids is 2. The Labute approximate surface area is 101 Å². The Morgan fingerprint density at radius 3 is 2.94 bits per heavy atom. The van der Waals surface area contributed by atoms with Crippen molar-refractivity contribution in [2.24, 2.45) is 5.73 Å². The van der Waals surface area contributed by atoms with Crippen molar-refractivity contribution in [2.45, 2.75) is 13.0 Å². The van der Waals surface area contributed by atoms with E-state index in [2.05, 4.69) is 4.98 Å². The van der Waals surface area contributed by atoms with E-state index >= 15 is 0 Å². The van der Waals surface area contributed by atoms with E-state index in [0.29, 0.717) is 5.56 Å². The van der Waals surface area contributed by atoms with Crippen LogP contribution in [0.15, 0.2) is 23.7 Å². The van der Waals surface area contributed by atoms with Crippen LogP contribution < -0.4 is 5.73 Å². The molecule has 0 radical (unpaired) electrons. The first kappa shape index (κ1) is 11.5. The maximum Gasteiger partial charge on any atom is 0.338 e. The van der Waals surface area contributed by atoms with Gasteiger partial charge >= 0.3 is 5.97 Å². The molecule has 88 valence electrons. The summed E-state index contributed by atoms with van der Waals surface area (Å²) in [5, 5.41) is 0. The molecule has 1 amide bonds. The normalized spacial score (nSPS) is 12.3. The van der Waals surface area contributed by atoms with Gasteiger partial charge in [0, 0.05) is 0 Å². The van der Waals surface area contributed by atoms with Gasteiger partial charge in [-0.1, -0.05) is 0 Å². The molecule has 0 aliphatic rings. The smallest absolute Gasteiger partial charge is 0.338 e. The summed E-state index contributed by atoms with van der Waals surface area (Å²) in [6.07, 6.45) is -0.931. The summed E-state index contributed by atoms with van der Waals surface area (Å²) in [6.45, 7) is 1.44. The fourth-order valence-corrected chi connectivity index (χ4v) is 1.99. The van der Waals surface area contributed by atoms with Crippen LogP contribution in [0, 0.1) is 0 Å². The van der Waals surface area contributed by atoms with Crippen LogP contribution in [-0.2, 0) is 9.53 Å². The molecule has 6 heteroatoms. The predicted molar refractivity (Wildman–Crippen MR) is 63.7 cm³/mol. The van der Waals surface area contributed by atoms with Crippen molar-refractivity contribution in [2.75, 3.05) is 0 Å². The van der Waals surface area contributed by atoms with Crippen molar-refractivity contribution in [3.05, 3.63) is 29.3 Å². The highest BCUT2D eigenvalue weighted by Gasteiger charge is 2.16. The summed E-state index contributed by atoms with van der Waals surface area (Å²) < 4.78 is 5.79. The van der Waals surface area contributed by atoms with Gasteiger partial charge in [0.15, 0.2) is 6.10 Å². The van der Waals surface area contributed by atoms with Crippen LogP contribution in [0.2, 0.25) is 0 Å². The van der Waals surface area contributed by atoms with Crippen LogP contribution in [0.4, 0.5) is 0 Å². The highest BCUT2D eigenvalue weighted by Crippen LogP contribution is 2.19.